The molecule has 2 heteroatoms. The second kappa shape index (κ2) is 5.65. The van der Waals surface area contributed by atoms with Gasteiger partial charge in [-0.1, -0.05) is 29.5 Å². The van der Waals surface area contributed by atoms with E-state index in [-0.39, 0.29) is 0 Å². The Morgan fingerprint density at radius 2 is 1.47 bits per heavy atom. The van der Waals surface area contributed by atoms with Crippen molar-refractivity contribution in [2.24, 2.45) is 0 Å². The van der Waals surface area contributed by atoms with Gasteiger partial charge in [-0.3, -0.25) is 0 Å². The minimum atomic E-state index is 1.30. The minimum Gasteiger partial charge on any atom is -0.130 e. The summed E-state index contributed by atoms with van der Waals surface area (Å²) in [5.41, 5.74) is 2.66. The number of thioether (sulfide) groups is 1. The van der Waals surface area contributed by atoms with E-state index in [9.17, 15) is 0 Å². The van der Waals surface area contributed by atoms with Crippen LogP contribution in [0.15, 0.2) is 57.2 Å². The van der Waals surface area contributed by atoms with E-state index in [1.165, 1.54) is 25.8 Å². The number of benzene rings is 2. The van der Waals surface area contributed by atoms with Gasteiger partial charge in [0, 0.05) is 14.7 Å². The Hall–Kier alpha value is -0.860. The highest BCUT2D eigenvalue weighted by atomic mass is 32.2. The lowest BCUT2D eigenvalue weighted by Gasteiger charge is -2.07. The Kier molecular flexibility index (Phi) is 4.19. The highest BCUT2D eigenvalue weighted by Gasteiger charge is 2.02. The van der Waals surface area contributed by atoms with E-state index in [1.807, 2.05) is 11.8 Å². The number of aryl methyl sites for hydroxylation is 2. The molecule has 0 aliphatic rings. The maximum Gasteiger partial charge on any atom is 0.0152 e. The fourth-order valence-corrected chi connectivity index (χ4v) is 2.98. The minimum absolute atomic E-state index is 1.30. The largest absolute Gasteiger partial charge is 0.130 e. The molecule has 0 atom stereocenters. The number of hydrogen-bond acceptors (Lipinski definition) is 2. The Labute approximate surface area is 112 Å². The van der Waals surface area contributed by atoms with Gasteiger partial charge in [0.15, 0.2) is 0 Å². The molecule has 0 heterocycles. The average Bonchev–Trinajstić information content (AvgIpc) is 2.34. The molecule has 0 bridgehead atoms. The maximum absolute atomic E-state index is 2.25. The van der Waals surface area contributed by atoms with Crippen LogP contribution >= 0.6 is 23.5 Å². The normalized spacial score (nSPS) is 10.5. The Morgan fingerprint density at radius 3 is 2.06 bits per heavy atom. The van der Waals surface area contributed by atoms with Gasteiger partial charge in [-0.05, 0) is 56.0 Å². The van der Waals surface area contributed by atoms with Crippen LogP contribution in [0.4, 0.5) is 0 Å². The molecule has 0 fully saturated rings. The van der Waals surface area contributed by atoms with E-state index in [4.69, 9.17) is 0 Å². The third kappa shape index (κ3) is 3.30. The van der Waals surface area contributed by atoms with Crippen LogP contribution in [0.1, 0.15) is 11.1 Å². The quantitative estimate of drug-likeness (QED) is 0.698. The van der Waals surface area contributed by atoms with Gasteiger partial charge >= 0.3 is 0 Å². The molecule has 2 rings (SSSR count). The van der Waals surface area contributed by atoms with Crippen molar-refractivity contribution in [3.05, 3.63) is 53.6 Å². The summed E-state index contributed by atoms with van der Waals surface area (Å²) in [6.45, 7) is 4.29. The summed E-state index contributed by atoms with van der Waals surface area (Å²) in [6, 6.07) is 15.3. The molecular formula is C15H16S2. The fraction of sp³-hybridized carbons (Fsp3) is 0.200. The van der Waals surface area contributed by atoms with Crippen LogP contribution in [-0.2, 0) is 0 Å². The van der Waals surface area contributed by atoms with Crippen molar-refractivity contribution in [1.29, 1.82) is 0 Å². The second-order valence-electron chi connectivity index (χ2n) is 4.05. The van der Waals surface area contributed by atoms with Gasteiger partial charge < -0.3 is 0 Å². The molecular weight excluding hydrogens is 244 g/mol. The van der Waals surface area contributed by atoms with E-state index in [0.717, 1.165) is 0 Å². The summed E-state index contributed by atoms with van der Waals surface area (Å²) < 4.78 is 0. The lowest BCUT2D eigenvalue weighted by Crippen LogP contribution is -1.81. The third-order valence-electron chi connectivity index (χ3n) is 2.63. The predicted molar refractivity (Wildman–Crippen MR) is 78.3 cm³/mol. The molecule has 0 radical (unpaired) electrons. The zero-order valence-corrected chi connectivity index (χ0v) is 12.0. The van der Waals surface area contributed by atoms with Gasteiger partial charge in [0.25, 0.3) is 0 Å². The van der Waals surface area contributed by atoms with Crippen LogP contribution in [0.2, 0.25) is 0 Å². The van der Waals surface area contributed by atoms with Crippen LogP contribution in [0.25, 0.3) is 0 Å². The summed E-state index contributed by atoms with van der Waals surface area (Å²) in [6.07, 6.45) is 2.11. The highest BCUT2D eigenvalue weighted by molar-refractivity contribution is 7.99. The van der Waals surface area contributed by atoms with Gasteiger partial charge in [-0.2, -0.15) is 0 Å². The molecule has 88 valence electrons. The van der Waals surface area contributed by atoms with Crippen molar-refractivity contribution in [3.63, 3.8) is 0 Å². The molecule has 0 spiro atoms. The Bertz CT molecular complexity index is 501. The van der Waals surface area contributed by atoms with Crippen molar-refractivity contribution in [1.82, 2.24) is 0 Å². The van der Waals surface area contributed by atoms with Crippen LogP contribution in [-0.4, -0.2) is 6.26 Å². The van der Waals surface area contributed by atoms with Crippen molar-refractivity contribution in [3.8, 4) is 0 Å². The first-order valence-corrected chi connectivity index (χ1v) is 7.62. The molecule has 2 aromatic rings. The lowest BCUT2D eigenvalue weighted by molar-refractivity contribution is 1.23. The smallest absolute Gasteiger partial charge is 0.0152 e. The van der Waals surface area contributed by atoms with E-state index < -0.39 is 0 Å². The zero-order chi connectivity index (χ0) is 12.3. The highest BCUT2D eigenvalue weighted by Crippen LogP contribution is 2.32. The van der Waals surface area contributed by atoms with Crippen LogP contribution in [0.5, 0.6) is 0 Å². The second-order valence-corrected chi connectivity index (χ2v) is 6.04. The van der Waals surface area contributed by atoms with Gasteiger partial charge in [0.05, 0.1) is 0 Å². The van der Waals surface area contributed by atoms with Crippen LogP contribution in [0, 0.1) is 13.8 Å². The lowest BCUT2D eigenvalue weighted by atomic mass is 10.2. The summed E-state index contributed by atoms with van der Waals surface area (Å²) in [7, 11) is 0. The molecule has 0 N–H and O–H groups in total. The fourth-order valence-electron chi connectivity index (χ4n) is 1.60. The van der Waals surface area contributed by atoms with E-state index in [0.29, 0.717) is 0 Å². The molecule has 0 amide bonds. The summed E-state index contributed by atoms with van der Waals surface area (Å²) in [5, 5.41) is 0. The monoisotopic (exact) mass is 260 g/mol. The van der Waals surface area contributed by atoms with Crippen LogP contribution in [0.3, 0.4) is 0 Å². The molecule has 0 saturated carbocycles. The zero-order valence-electron chi connectivity index (χ0n) is 10.4. The molecule has 17 heavy (non-hydrogen) atoms. The van der Waals surface area contributed by atoms with Gasteiger partial charge in [-0.15, -0.1) is 11.8 Å². The standard InChI is InChI=1S/C15H16S2/c1-11-4-6-13(7-5-11)17-15-9-8-14(16-3)10-12(15)2/h4-10H,1-3H3. The van der Waals surface area contributed by atoms with Crippen molar-refractivity contribution >= 4 is 23.5 Å². The van der Waals surface area contributed by atoms with Gasteiger partial charge in [0.2, 0.25) is 0 Å². The average molecular weight is 260 g/mol. The van der Waals surface area contributed by atoms with Crippen molar-refractivity contribution in [2.75, 3.05) is 6.26 Å². The first kappa shape index (κ1) is 12.6. The molecule has 0 aliphatic carbocycles. The van der Waals surface area contributed by atoms with Crippen molar-refractivity contribution in [2.45, 2.75) is 28.5 Å². The van der Waals surface area contributed by atoms with E-state index >= 15 is 0 Å². The molecule has 0 aromatic heterocycles. The summed E-state index contributed by atoms with van der Waals surface area (Å²) in [5.74, 6) is 0. The summed E-state index contributed by atoms with van der Waals surface area (Å²) >= 11 is 3.62. The summed E-state index contributed by atoms with van der Waals surface area (Å²) in [4.78, 5) is 3.97. The number of hydrogen-bond donors (Lipinski definition) is 0. The van der Waals surface area contributed by atoms with Crippen molar-refractivity contribution < 1.29 is 0 Å². The first-order chi connectivity index (χ1) is 8.19. The Morgan fingerprint density at radius 1 is 0.824 bits per heavy atom. The Balaban J connectivity index is 2.21. The molecule has 0 saturated heterocycles. The van der Waals surface area contributed by atoms with Gasteiger partial charge in [0.1, 0.15) is 0 Å². The topological polar surface area (TPSA) is 0 Å². The molecule has 0 nitrogen and oxygen atoms in total. The van der Waals surface area contributed by atoms with E-state index in [2.05, 4.69) is 62.6 Å². The van der Waals surface area contributed by atoms with E-state index in [1.54, 1.807) is 11.8 Å². The first-order valence-electron chi connectivity index (χ1n) is 5.58. The third-order valence-corrected chi connectivity index (χ3v) is 4.54. The molecule has 0 unspecified atom stereocenters. The number of rotatable bonds is 3. The van der Waals surface area contributed by atoms with Crippen LogP contribution < -0.4 is 0 Å². The van der Waals surface area contributed by atoms with Gasteiger partial charge in [-0.25, -0.2) is 0 Å². The SMILES string of the molecule is CSc1ccc(Sc2ccc(C)cc2)c(C)c1. The molecule has 2 aromatic carbocycles. The predicted octanol–water partition coefficient (Wildman–Crippen LogP) is 5.18. The maximum atomic E-state index is 2.25. The molecule has 0 aliphatic heterocycles.